The normalized spacial score (nSPS) is 12.3. The van der Waals surface area contributed by atoms with Crippen molar-refractivity contribution in [2.75, 3.05) is 0 Å². The third-order valence-electron chi connectivity index (χ3n) is 4.26. The molecule has 0 heterocycles. The molecule has 0 spiro atoms. The fraction of sp³-hybridized carbons (Fsp3) is 0.143. The second-order valence-corrected chi connectivity index (χ2v) is 5.61. The van der Waals surface area contributed by atoms with Gasteiger partial charge in [0.2, 0.25) is 0 Å². The fourth-order valence-corrected chi connectivity index (χ4v) is 3.16. The molecule has 2 aromatic carbocycles. The first-order valence-corrected chi connectivity index (χ1v) is 7.07. The number of benzene rings is 2. The highest BCUT2D eigenvalue weighted by Crippen LogP contribution is 2.54. The highest BCUT2D eigenvalue weighted by Gasteiger charge is 2.41. The highest BCUT2D eigenvalue weighted by molar-refractivity contribution is 5.92. The summed E-state index contributed by atoms with van der Waals surface area (Å²) in [4.78, 5) is 41.6. The van der Waals surface area contributed by atoms with E-state index < -0.39 is 48.4 Å². The predicted octanol–water partition coefficient (Wildman–Crippen LogP) is 3.45. The largest absolute Gasteiger partial charge is 0.284 e. The third-order valence-corrected chi connectivity index (χ3v) is 4.26. The van der Waals surface area contributed by atoms with Crippen molar-refractivity contribution in [3.63, 3.8) is 0 Å². The molecule has 132 valence electrons. The highest BCUT2D eigenvalue weighted by atomic mass is 16.6. The van der Waals surface area contributed by atoms with E-state index in [2.05, 4.69) is 0 Å². The predicted molar refractivity (Wildman–Crippen MR) is 86.0 cm³/mol. The fourth-order valence-electron chi connectivity index (χ4n) is 3.16. The second kappa shape index (κ2) is 5.54. The molecule has 0 aliphatic heterocycles. The van der Waals surface area contributed by atoms with Gasteiger partial charge in [0.15, 0.2) is 0 Å². The van der Waals surface area contributed by atoms with E-state index in [1.807, 2.05) is 0 Å². The van der Waals surface area contributed by atoms with Crippen LogP contribution in [0.5, 0.6) is 0 Å². The van der Waals surface area contributed by atoms with Crippen LogP contribution in [0.25, 0.3) is 11.1 Å². The molecule has 0 N–H and O–H groups in total. The summed E-state index contributed by atoms with van der Waals surface area (Å²) in [5.41, 5.74) is -2.34. The van der Waals surface area contributed by atoms with Crippen LogP contribution in [0.2, 0.25) is 0 Å². The average Bonchev–Trinajstić information content (AvgIpc) is 2.85. The number of nitrogens with zero attached hydrogens (tertiary/aromatic N) is 4. The minimum Gasteiger partial charge on any atom is -0.258 e. The van der Waals surface area contributed by atoms with Gasteiger partial charge in [-0.2, -0.15) is 0 Å². The second-order valence-electron chi connectivity index (χ2n) is 5.61. The molecule has 1 aliphatic rings. The molecule has 0 fully saturated rings. The molecule has 12 nitrogen and oxygen atoms in total. The van der Waals surface area contributed by atoms with Gasteiger partial charge in [-0.25, -0.2) is 0 Å². The number of fused-ring (bicyclic) bond motifs is 3. The number of non-ortho nitro benzene ring substituents is 2. The van der Waals surface area contributed by atoms with Crippen molar-refractivity contribution < 1.29 is 19.7 Å². The van der Waals surface area contributed by atoms with Crippen LogP contribution >= 0.6 is 0 Å². The Morgan fingerprint density at radius 2 is 1.00 bits per heavy atom. The Labute approximate surface area is 143 Å². The summed E-state index contributed by atoms with van der Waals surface area (Å²) in [6.07, 6.45) is 0. The van der Waals surface area contributed by atoms with Crippen molar-refractivity contribution in [2.24, 2.45) is 0 Å². The van der Waals surface area contributed by atoms with Crippen molar-refractivity contribution in [2.45, 2.75) is 12.8 Å². The zero-order chi connectivity index (χ0) is 19.3. The van der Waals surface area contributed by atoms with Crippen LogP contribution in [-0.4, -0.2) is 19.7 Å². The molecule has 0 radical (unpaired) electrons. The summed E-state index contributed by atoms with van der Waals surface area (Å²) in [5, 5.41) is 44.9. The number of hydrogen-bond acceptors (Lipinski definition) is 8. The Hall–Kier alpha value is -3.96. The molecule has 0 atom stereocenters. The van der Waals surface area contributed by atoms with Crippen LogP contribution in [-0.2, 0) is 0 Å². The average molecular weight is 360 g/mol. The van der Waals surface area contributed by atoms with Crippen molar-refractivity contribution in [1.82, 2.24) is 0 Å². The van der Waals surface area contributed by atoms with Crippen LogP contribution < -0.4 is 0 Å². The van der Waals surface area contributed by atoms with E-state index in [9.17, 15) is 40.5 Å². The Bertz CT molecular complexity index is 951. The maximum Gasteiger partial charge on any atom is 0.284 e. The lowest BCUT2D eigenvalue weighted by atomic mass is 9.98. The van der Waals surface area contributed by atoms with Gasteiger partial charge >= 0.3 is 0 Å². The molecule has 0 unspecified atom stereocenters. The van der Waals surface area contributed by atoms with Gasteiger partial charge in [0.1, 0.15) is 0 Å². The summed E-state index contributed by atoms with van der Waals surface area (Å²) >= 11 is 0. The van der Waals surface area contributed by atoms with E-state index in [1.165, 1.54) is 6.92 Å². The van der Waals surface area contributed by atoms with E-state index >= 15 is 0 Å². The summed E-state index contributed by atoms with van der Waals surface area (Å²) < 4.78 is 0. The van der Waals surface area contributed by atoms with Gasteiger partial charge in [0.05, 0.1) is 43.0 Å². The van der Waals surface area contributed by atoms with Crippen molar-refractivity contribution >= 4 is 22.7 Å². The maximum atomic E-state index is 11.4. The minimum atomic E-state index is -0.862. The van der Waals surface area contributed by atoms with E-state index in [0.717, 1.165) is 24.3 Å². The monoisotopic (exact) mass is 360 g/mol. The quantitative estimate of drug-likeness (QED) is 0.588. The topological polar surface area (TPSA) is 173 Å². The smallest absolute Gasteiger partial charge is 0.258 e. The van der Waals surface area contributed by atoms with Crippen molar-refractivity contribution in [3.05, 3.63) is 75.8 Å². The van der Waals surface area contributed by atoms with Crippen LogP contribution in [0.3, 0.4) is 0 Å². The summed E-state index contributed by atoms with van der Waals surface area (Å²) in [6, 6.07) is 3.66. The number of hydrogen-bond donors (Lipinski definition) is 0. The zero-order valence-electron chi connectivity index (χ0n) is 12.9. The molecule has 3 rings (SSSR count). The molecular formula is C14H8N4O8. The van der Waals surface area contributed by atoms with Crippen molar-refractivity contribution in [3.8, 4) is 11.1 Å². The summed E-state index contributed by atoms with van der Waals surface area (Å²) in [5.74, 6) is -0.725. The molecule has 2 aromatic rings. The Morgan fingerprint density at radius 3 is 1.27 bits per heavy atom. The first-order valence-electron chi connectivity index (χ1n) is 7.07. The van der Waals surface area contributed by atoms with E-state index in [0.29, 0.717) is 0 Å². The van der Waals surface area contributed by atoms with Gasteiger partial charge in [-0.05, 0) is 11.1 Å². The van der Waals surface area contributed by atoms with E-state index in [1.54, 1.807) is 0 Å². The van der Waals surface area contributed by atoms with Crippen LogP contribution in [0.1, 0.15) is 24.0 Å². The van der Waals surface area contributed by atoms with Gasteiger partial charge in [0.25, 0.3) is 22.7 Å². The van der Waals surface area contributed by atoms with Crippen LogP contribution in [0, 0.1) is 40.5 Å². The molecular weight excluding hydrogens is 352 g/mol. The van der Waals surface area contributed by atoms with Crippen LogP contribution in [0.15, 0.2) is 24.3 Å². The standard InChI is InChI=1S/C14H8N4O8/c1-6-9-2-7(15(19)20)4-11(17(23)24)13(9)14-10(6)3-8(16(21)22)5-12(14)18(25)26/h2-6H,1H3. The molecule has 1 aliphatic carbocycles. The lowest BCUT2D eigenvalue weighted by Gasteiger charge is -2.05. The lowest BCUT2D eigenvalue weighted by molar-refractivity contribution is -0.395. The third kappa shape index (κ3) is 2.31. The summed E-state index contributed by atoms with van der Waals surface area (Å²) in [6.45, 7) is 1.52. The molecule has 0 aromatic heterocycles. The van der Waals surface area contributed by atoms with Gasteiger partial charge in [0, 0.05) is 18.1 Å². The molecule has 0 saturated carbocycles. The Kier molecular flexibility index (Phi) is 3.60. The molecule has 0 saturated heterocycles. The van der Waals surface area contributed by atoms with Gasteiger partial charge in [-0.15, -0.1) is 0 Å². The van der Waals surface area contributed by atoms with E-state index in [4.69, 9.17) is 0 Å². The minimum absolute atomic E-state index is 0.121. The molecule has 0 bridgehead atoms. The molecule has 12 heteroatoms. The first kappa shape index (κ1) is 16.9. The number of nitro benzene ring substituents is 4. The summed E-state index contributed by atoms with van der Waals surface area (Å²) in [7, 11) is 0. The number of rotatable bonds is 4. The maximum absolute atomic E-state index is 11.4. The van der Waals surface area contributed by atoms with Gasteiger partial charge < -0.3 is 0 Å². The lowest BCUT2D eigenvalue weighted by Crippen LogP contribution is -1.99. The van der Waals surface area contributed by atoms with Crippen LogP contribution in [0.4, 0.5) is 22.7 Å². The first-order chi connectivity index (χ1) is 12.1. The SMILES string of the molecule is CC1c2cc([N+](=O)[O-])cc([N+](=O)[O-])c2-c2c1cc([N+](=O)[O-])cc2[N+](=O)[O-]. The number of nitro groups is 4. The van der Waals surface area contributed by atoms with Crippen molar-refractivity contribution in [1.29, 1.82) is 0 Å². The van der Waals surface area contributed by atoms with Gasteiger partial charge in [-0.1, -0.05) is 6.92 Å². The van der Waals surface area contributed by atoms with E-state index in [-0.39, 0.29) is 22.3 Å². The molecule has 26 heavy (non-hydrogen) atoms. The molecule has 0 amide bonds. The Balaban J connectivity index is 2.46. The van der Waals surface area contributed by atoms with Gasteiger partial charge in [-0.3, -0.25) is 40.5 Å². The Morgan fingerprint density at radius 1 is 0.654 bits per heavy atom. The zero-order valence-corrected chi connectivity index (χ0v) is 12.9.